The molecule has 0 aromatic heterocycles. The molecule has 0 atom stereocenters. The number of sulfonamides is 1. The van der Waals surface area contributed by atoms with E-state index in [-0.39, 0.29) is 15.6 Å². The van der Waals surface area contributed by atoms with Crippen LogP contribution in [0.25, 0.3) is 0 Å². The molecule has 3 aromatic rings. The number of carbonyl (C=O) groups is 1. The highest BCUT2D eigenvalue weighted by Crippen LogP contribution is 2.21. The monoisotopic (exact) mass is 457 g/mol. The minimum absolute atomic E-state index is 0.0262. The number of halogens is 1. The first-order chi connectivity index (χ1) is 14.6. The van der Waals surface area contributed by atoms with Gasteiger partial charge in [-0.1, -0.05) is 17.7 Å². The lowest BCUT2D eigenvalue weighted by Gasteiger charge is -2.13. The van der Waals surface area contributed by atoms with Crippen molar-refractivity contribution in [3.8, 4) is 0 Å². The number of thiocarbonyl (C=S) groups is 1. The predicted octanol–water partition coefficient (Wildman–Crippen LogP) is 4.37. The molecule has 0 aliphatic carbocycles. The number of benzene rings is 3. The molecule has 3 N–H and O–H groups in total. The molecule has 0 spiro atoms. The summed E-state index contributed by atoms with van der Waals surface area (Å²) in [4.78, 5) is 12.2. The summed E-state index contributed by atoms with van der Waals surface area (Å²) >= 11 is 5.11. The van der Waals surface area contributed by atoms with Gasteiger partial charge in [-0.15, -0.1) is 0 Å². The average molecular weight is 458 g/mol. The van der Waals surface area contributed by atoms with Crippen molar-refractivity contribution in [2.75, 3.05) is 10.0 Å². The maximum absolute atomic E-state index is 13.0. The molecule has 0 saturated carbocycles. The fourth-order valence-electron chi connectivity index (χ4n) is 2.79. The van der Waals surface area contributed by atoms with E-state index < -0.39 is 21.7 Å². The van der Waals surface area contributed by atoms with Crippen LogP contribution in [0.4, 0.5) is 15.8 Å². The Bertz CT molecular complexity index is 1230. The molecule has 3 aromatic carbocycles. The summed E-state index contributed by atoms with van der Waals surface area (Å²) in [5.41, 5.74) is 3.12. The molecule has 6 nitrogen and oxygen atoms in total. The SMILES string of the molecule is Cc1ccc(NS(=O)(=O)c2ccc(NC(=S)NC(=O)c3ccc(F)cc3)cc2)c(C)c1. The summed E-state index contributed by atoms with van der Waals surface area (Å²) in [5, 5.41) is 5.31. The van der Waals surface area contributed by atoms with Gasteiger partial charge >= 0.3 is 0 Å². The minimum Gasteiger partial charge on any atom is -0.332 e. The first-order valence-corrected chi connectivity index (χ1v) is 11.1. The zero-order valence-corrected chi connectivity index (χ0v) is 18.4. The van der Waals surface area contributed by atoms with Gasteiger partial charge in [0, 0.05) is 11.3 Å². The lowest BCUT2D eigenvalue weighted by atomic mass is 10.1. The molecule has 9 heteroatoms. The third-order valence-electron chi connectivity index (χ3n) is 4.38. The molecule has 1 amide bonds. The maximum atomic E-state index is 13.0. The molecule has 0 radical (unpaired) electrons. The molecule has 31 heavy (non-hydrogen) atoms. The Morgan fingerprint density at radius 3 is 2.19 bits per heavy atom. The van der Waals surface area contributed by atoms with Gasteiger partial charge in [-0.05, 0) is 86.2 Å². The van der Waals surface area contributed by atoms with Crippen LogP contribution in [0.15, 0.2) is 71.6 Å². The third-order valence-corrected chi connectivity index (χ3v) is 5.97. The molecule has 3 rings (SSSR count). The van der Waals surface area contributed by atoms with Crippen molar-refractivity contribution in [1.82, 2.24) is 5.32 Å². The maximum Gasteiger partial charge on any atom is 0.261 e. The van der Waals surface area contributed by atoms with Gasteiger partial charge in [-0.3, -0.25) is 14.8 Å². The molecular weight excluding hydrogens is 437 g/mol. The molecular formula is C22H20FN3O3S2. The number of hydrogen-bond acceptors (Lipinski definition) is 4. The smallest absolute Gasteiger partial charge is 0.261 e. The number of aryl methyl sites for hydroxylation is 2. The molecule has 0 aliphatic rings. The van der Waals surface area contributed by atoms with Crippen molar-refractivity contribution >= 4 is 44.6 Å². The van der Waals surface area contributed by atoms with Crippen LogP contribution in [-0.2, 0) is 10.0 Å². The van der Waals surface area contributed by atoms with Crippen molar-refractivity contribution in [2.24, 2.45) is 0 Å². The van der Waals surface area contributed by atoms with Crippen LogP contribution in [0.1, 0.15) is 21.5 Å². The Balaban J connectivity index is 1.64. The first-order valence-electron chi connectivity index (χ1n) is 9.22. The summed E-state index contributed by atoms with van der Waals surface area (Å²) in [5.74, 6) is -0.936. The Labute approximate surface area is 185 Å². The minimum atomic E-state index is -3.76. The van der Waals surface area contributed by atoms with E-state index in [1.165, 1.54) is 48.5 Å². The number of rotatable bonds is 5. The normalized spacial score (nSPS) is 10.9. The zero-order valence-electron chi connectivity index (χ0n) is 16.8. The molecule has 0 heterocycles. The summed E-state index contributed by atoms with van der Waals surface area (Å²) in [6, 6.07) is 16.4. The number of amides is 1. The van der Waals surface area contributed by atoms with E-state index in [2.05, 4.69) is 15.4 Å². The Morgan fingerprint density at radius 2 is 1.58 bits per heavy atom. The van der Waals surface area contributed by atoms with E-state index in [0.717, 1.165) is 11.1 Å². The fourth-order valence-corrected chi connectivity index (χ4v) is 4.13. The number of hydrogen-bond donors (Lipinski definition) is 3. The topological polar surface area (TPSA) is 87.3 Å². The Kier molecular flexibility index (Phi) is 6.67. The standard InChI is InChI=1S/C22H20FN3O3S2/c1-14-3-12-20(15(2)13-14)26-31(28,29)19-10-8-18(9-11-19)24-22(30)25-21(27)16-4-6-17(23)7-5-16/h3-13,26H,1-2H3,(H2,24,25,27,30). The van der Waals surface area contributed by atoms with Crippen LogP contribution in [0.5, 0.6) is 0 Å². The van der Waals surface area contributed by atoms with Crippen LogP contribution in [0, 0.1) is 19.7 Å². The van der Waals surface area contributed by atoms with Gasteiger partial charge in [0.15, 0.2) is 5.11 Å². The predicted molar refractivity (Wildman–Crippen MR) is 123 cm³/mol. The lowest BCUT2D eigenvalue weighted by molar-refractivity contribution is 0.0977. The Hall–Kier alpha value is -3.30. The van der Waals surface area contributed by atoms with Crippen LogP contribution in [0.2, 0.25) is 0 Å². The van der Waals surface area contributed by atoms with Gasteiger partial charge in [-0.2, -0.15) is 0 Å². The van der Waals surface area contributed by atoms with Crippen molar-refractivity contribution < 1.29 is 17.6 Å². The highest BCUT2D eigenvalue weighted by Gasteiger charge is 2.15. The summed E-state index contributed by atoms with van der Waals surface area (Å²) in [7, 11) is -3.76. The molecule has 0 fully saturated rings. The molecule has 0 bridgehead atoms. The van der Waals surface area contributed by atoms with E-state index in [4.69, 9.17) is 12.2 Å². The van der Waals surface area contributed by atoms with Gasteiger partial charge < -0.3 is 5.32 Å². The summed E-state index contributed by atoms with van der Waals surface area (Å²) in [6.07, 6.45) is 0. The van der Waals surface area contributed by atoms with Crippen LogP contribution < -0.4 is 15.4 Å². The number of carbonyl (C=O) groups excluding carboxylic acids is 1. The summed E-state index contributed by atoms with van der Waals surface area (Å²) in [6.45, 7) is 3.77. The van der Waals surface area contributed by atoms with E-state index in [0.29, 0.717) is 11.4 Å². The highest BCUT2D eigenvalue weighted by molar-refractivity contribution is 7.92. The van der Waals surface area contributed by atoms with Crippen molar-refractivity contribution in [3.05, 3.63) is 89.2 Å². The highest BCUT2D eigenvalue weighted by atomic mass is 32.2. The van der Waals surface area contributed by atoms with Gasteiger partial charge in [0.2, 0.25) is 0 Å². The van der Waals surface area contributed by atoms with Crippen LogP contribution >= 0.6 is 12.2 Å². The van der Waals surface area contributed by atoms with E-state index in [1.807, 2.05) is 26.0 Å². The van der Waals surface area contributed by atoms with Gasteiger partial charge in [-0.25, -0.2) is 12.8 Å². The van der Waals surface area contributed by atoms with E-state index in [1.54, 1.807) is 6.07 Å². The molecule has 0 aliphatic heterocycles. The average Bonchev–Trinajstić information content (AvgIpc) is 2.71. The second-order valence-corrected chi connectivity index (χ2v) is 8.95. The molecule has 0 unspecified atom stereocenters. The number of nitrogens with one attached hydrogen (secondary N) is 3. The fraction of sp³-hybridized carbons (Fsp3) is 0.0909. The molecule has 0 saturated heterocycles. The van der Waals surface area contributed by atoms with Crippen molar-refractivity contribution in [1.29, 1.82) is 0 Å². The van der Waals surface area contributed by atoms with Crippen LogP contribution in [-0.4, -0.2) is 19.4 Å². The zero-order chi connectivity index (χ0) is 22.6. The third kappa shape index (κ3) is 5.87. The van der Waals surface area contributed by atoms with Crippen molar-refractivity contribution in [3.63, 3.8) is 0 Å². The Morgan fingerprint density at radius 1 is 0.935 bits per heavy atom. The van der Waals surface area contributed by atoms with Crippen LogP contribution in [0.3, 0.4) is 0 Å². The van der Waals surface area contributed by atoms with Crippen molar-refractivity contribution in [2.45, 2.75) is 18.7 Å². The quantitative estimate of drug-likeness (QED) is 0.495. The second-order valence-electron chi connectivity index (χ2n) is 6.86. The van der Waals surface area contributed by atoms with Gasteiger partial charge in [0.05, 0.1) is 10.6 Å². The van der Waals surface area contributed by atoms with Gasteiger partial charge in [0.1, 0.15) is 5.82 Å². The van der Waals surface area contributed by atoms with E-state index in [9.17, 15) is 17.6 Å². The number of anilines is 2. The van der Waals surface area contributed by atoms with Gasteiger partial charge in [0.25, 0.3) is 15.9 Å². The molecule has 160 valence electrons. The second kappa shape index (κ2) is 9.23. The lowest BCUT2D eigenvalue weighted by Crippen LogP contribution is -2.34. The van der Waals surface area contributed by atoms with E-state index >= 15 is 0 Å². The summed E-state index contributed by atoms with van der Waals surface area (Å²) < 4.78 is 40.9. The first kappa shape index (κ1) is 22.4. The largest absolute Gasteiger partial charge is 0.332 e.